The summed E-state index contributed by atoms with van der Waals surface area (Å²) in [7, 11) is 0. The van der Waals surface area contributed by atoms with Gasteiger partial charge in [-0.05, 0) is 43.7 Å². The van der Waals surface area contributed by atoms with Crippen LogP contribution in [-0.4, -0.2) is 29.9 Å². The van der Waals surface area contributed by atoms with Crippen LogP contribution in [0.4, 0.5) is 0 Å². The van der Waals surface area contributed by atoms with E-state index in [4.69, 9.17) is 10.8 Å². The van der Waals surface area contributed by atoms with Crippen molar-refractivity contribution in [1.82, 2.24) is 5.32 Å². The zero-order valence-electron chi connectivity index (χ0n) is 10.1. The Kier molecular flexibility index (Phi) is 9.55. The molecule has 0 heterocycles. The Morgan fingerprint density at radius 1 is 1.28 bits per heavy atom. The van der Waals surface area contributed by atoms with E-state index in [1.54, 1.807) is 24.3 Å². The van der Waals surface area contributed by atoms with Crippen molar-refractivity contribution in [3.8, 4) is 5.75 Å². The first-order chi connectivity index (χ1) is 8.22. The van der Waals surface area contributed by atoms with Crippen molar-refractivity contribution in [3.05, 3.63) is 24.3 Å². The minimum absolute atomic E-state index is 0. The maximum absolute atomic E-state index is 11.4. The van der Waals surface area contributed by atoms with Crippen LogP contribution in [0, 0.1) is 0 Å². The molecule has 0 aliphatic rings. The lowest BCUT2D eigenvalue weighted by Crippen LogP contribution is -2.26. The lowest BCUT2D eigenvalue weighted by atomic mass is 10.3. The first kappa shape index (κ1) is 17.1. The highest BCUT2D eigenvalue weighted by molar-refractivity contribution is 8.00. The molecule has 0 spiro atoms. The van der Waals surface area contributed by atoms with Crippen molar-refractivity contribution in [2.45, 2.75) is 17.7 Å². The zero-order valence-corrected chi connectivity index (χ0v) is 11.7. The van der Waals surface area contributed by atoms with E-state index in [1.165, 1.54) is 11.8 Å². The fourth-order valence-corrected chi connectivity index (χ4v) is 1.97. The van der Waals surface area contributed by atoms with Crippen LogP contribution in [0.25, 0.3) is 0 Å². The summed E-state index contributed by atoms with van der Waals surface area (Å²) in [5.74, 6) is 0.661. The molecule has 0 saturated carbocycles. The van der Waals surface area contributed by atoms with Crippen molar-refractivity contribution in [1.29, 1.82) is 0 Å². The van der Waals surface area contributed by atoms with Gasteiger partial charge in [-0.2, -0.15) is 0 Å². The van der Waals surface area contributed by atoms with E-state index < -0.39 is 0 Å². The van der Waals surface area contributed by atoms with Gasteiger partial charge in [0.15, 0.2) is 0 Å². The van der Waals surface area contributed by atoms with Crippen molar-refractivity contribution in [2.24, 2.45) is 5.73 Å². The Balaban J connectivity index is 0.00000289. The highest BCUT2D eigenvalue weighted by Crippen LogP contribution is 2.20. The molecular weight excluding hydrogens is 272 g/mol. The van der Waals surface area contributed by atoms with Gasteiger partial charge >= 0.3 is 0 Å². The van der Waals surface area contributed by atoms with Crippen LogP contribution in [-0.2, 0) is 4.79 Å². The van der Waals surface area contributed by atoms with E-state index in [0.717, 1.165) is 17.7 Å². The summed E-state index contributed by atoms with van der Waals surface area (Å²) in [4.78, 5) is 12.4. The maximum atomic E-state index is 11.4. The van der Waals surface area contributed by atoms with Gasteiger partial charge in [0.1, 0.15) is 5.75 Å². The summed E-state index contributed by atoms with van der Waals surface area (Å²) in [6, 6.07) is 6.81. The van der Waals surface area contributed by atoms with Crippen molar-refractivity contribution >= 4 is 30.1 Å². The number of unbranched alkanes of at least 4 members (excludes halogenated alkanes) is 1. The third-order valence-corrected chi connectivity index (χ3v) is 3.17. The largest absolute Gasteiger partial charge is 0.508 e. The number of phenolic OH excluding ortho intramolecular Hbond substituents is 1. The fourth-order valence-electron chi connectivity index (χ4n) is 1.24. The molecule has 1 aromatic carbocycles. The first-order valence-electron chi connectivity index (χ1n) is 5.61. The summed E-state index contributed by atoms with van der Waals surface area (Å²) in [5.41, 5.74) is 5.36. The van der Waals surface area contributed by atoms with Gasteiger partial charge in [-0.1, -0.05) is 0 Å². The normalized spacial score (nSPS) is 9.61. The second kappa shape index (κ2) is 10.1. The third kappa shape index (κ3) is 7.42. The number of amides is 1. The molecule has 0 atom stereocenters. The highest BCUT2D eigenvalue weighted by atomic mass is 35.5. The molecule has 4 N–H and O–H groups in total. The van der Waals surface area contributed by atoms with Crippen molar-refractivity contribution in [3.63, 3.8) is 0 Å². The van der Waals surface area contributed by atoms with Gasteiger partial charge in [0, 0.05) is 11.4 Å². The molecule has 1 rings (SSSR count). The summed E-state index contributed by atoms with van der Waals surface area (Å²) in [6.45, 7) is 1.35. The molecular formula is C12H19ClN2O2S. The van der Waals surface area contributed by atoms with E-state index in [0.29, 0.717) is 18.8 Å². The van der Waals surface area contributed by atoms with Gasteiger partial charge in [0.2, 0.25) is 5.91 Å². The van der Waals surface area contributed by atoms with Gasteiger partial charge in [-0.25, -0.2) is 0 Å². The van der Waals surface area contributed by atoms with E-state index in [-0.39, 0.29) is 24.1 Å². The predicted octanol–water partition coefficient (Wildman–Crippen LogP) is 1.76. The minimum atomic E-state index is 0. The third-order valence-electron chi connectivity index (χ3n) is 2.16. The Morgan fingerprint density at radius 2 is 1.94 bits per heavy atom. The Morgan fingerprint density at radius 3 is 2.56 bits per heavy atom. The Hall–Kier alpha value is -0.910. The van der Waals surface area contributed by atoms with Crippen molar-refractivity contribution in [2.75, 3.05) is 18.8 Å². The van der Waals surface area contributed by atoms with Crippen LogP contribution in [0.15, 0.2) is 29.2 Å². The molecule has 6 heteroatoms. The Bertz CT molecular complexity index is 346. The fraction of sp³-hybridized carbons (Fsp3) is 0.417. The molecule has 0 aliphatic heterocycles. The number of rotatable bonds is 7. The molecule has 0 radical (unpaired) electrons. The number of carbonyl (C=O) groups is 1. The number of hydrogen-bond donors (Lipinski definition) is 3. The predicted molar refractivity (Wildman–Crippen MR) is 77.4 cm³/mol. The van der Waals surface area contributed by atoms with E-state index >= 15 is 0 Å². The summed E-state index contributed by atoms with van der Waals surface area (Å²) >= 11 is 1.45. The summed E-state index contributed by atoms with van der Waals surface area (Å²) in [5, 5.41) is 11.9. The standard InChI is InChI=1S/C12H18N2O2S.ClH/c13-7-1-2-8-14-12(16)9-17-11-5-3-10(15)4-6-11;/h3-6,15H,1-2,7-9,13H2,(H,14,16);1H. The Labute approximate surface area is 118 Å². The number of carbonyl (C=O) groups excluding carboxylic acids is 1. The monoisotopic (exact) mass is 290 g/mol. The lowest BCUT2D eigenvalue weighted by molar-refractivity contribution is -0.118. The highest BCUT2D eigenvalue weighted by Gasteiger charge is 2.02. The number of benzene rings is 1. The molecule has 0 unspecified atom stereocenters. The first-order valence-corrected chi connectivity index (χ1v) is 6.59. The quantitative estimate of drug-likeness (QED) is 0.528. The average molecular weight is 291 g/mol. The molecule has 1 amide bonds. The zero-order chi connectivity index (χ0) is 12.5. The van der Waals surface area contributed by atoms with Crippen LogP contribution in [0.3, 0.4) is 0 Å². The SMILES string of the molecule is Cl.NCCCCNC(=O)CSc1ccc(O)cc1. The molecule has 0 saturated heterocycles. The van der Waals surface area contributed by atoms with Crippen LogP contribution in [0.2, 0.25) is 0 Å². The van der Waals surface area contributed by atoms with Gasteiger partial charge in [-0.3, -0.25) is 4.79 Å². The van der Waals surface area contributed by atoms with Crippen LogP contribution < -0.4 is 11.1 Å². The van der Waals surface area contributed by atoms with Crippen LogP contribution in [0.1, 0.15) is 12.8 Å². The molecule has 0 bridgehead atoms. The topological polar surface area (TPSA) is 75.3 Å². The number of thioether (sulfide) groups is 1. The van der Waals surface area contributed by atoms with E-state index in [1.807, 2.05) is 0 Å². The number of phenols is 1. The molecule has 0 aromatic heterocycles. The summed E-state index contributed by atoms with van der Waals surface area (Å²) in [6.07, 6.45) is 1.86. The molecule has 1 aromatic rings. The average Bonchev–Trinajstić information content (AvgIpc) is 2.34. The van der Waals surface area contributed by atoms with E-state index in [2.05, 4.69) is 5.32 Å². The second-order valence-corrected chi connectivity index (χ2v) is 4.68. The van der Waals surface area contributed by atoms with Gasteiger partial charge < -0.3 is 16.2 Å². The molecule has 102 valence electrons. The molecule has 0 fully saturated rings. The van der Waals surface area contributed by atoms with E-state index in [9.17, 15) is 4.79 Å². The van der Waals surface area contributed by atoms with Crippen molar-refractivity contribution < 1.29 is 9.90 Å². The van der Waals surface area contributed by atoms with Gasteiger partial charge in [0.05, 0.1) is 5.75 Å². The number of nitrogens with two attached hydrogens (primary N) is 1. The molecule has 4 nitrogen and oxygen atoms in total. The number of nitrogens with one attached hydrogen (secondary N) is 1. The summed E-state index contributed by atoms with van der Waals surface area (Å²) < 4.78 is 0. The number of aromatic hydroxyl groups is 1. The van der Waals surface area contributed by atoms with Crippen LogP contribution in [0.5, 0.6) is 5.75 Å². The number of hydrogen-bond acceptors (Lipinski definition) is 4. The maximum Gasteiger partial charge on any atom is 0.230 e. The smallest absolute Gasteiger partial charge is 0.230 e. The minimum Gasteiger partial charge on any atom is -0.508 e. The number of halogens is 1. The molecule has 0 aliphatic carbocycles. The van der Waals surface area contributed by atoms with Gasteiger partial charge in [0.25, 0.3) is 0 Å². The van der Waals surface area contributed by atoms with Gasteiger partial charge in [-0.15, -0.1) is 24.2 Å². The molecule has 18 heavy (non-hydrogen) atoms. The second-order valence-electron chi connectivity index (χ2n) is 3.63. The lowest BCUT2D eigenvalue weighted by Gasteiger charge is -2.04. The van der Waals surface area contributed by atoms with Crippen LogP contribution >= 0.6 is 24.2 Å².